The van der Waals surface area contributed by atoms with Crippen molar-refractivity contribution in [1.29, 1.82) is 0 Å². The van der Waals surface area contributed by atoms with Crippen LogP contribution in [0.1, 0.15) is 17.9 Å². The summed E-state index contributed by atoms with van der Waals surface area (Å²) in [5.41, 5.74) is 1.23. The van der Waals surface area contributed by atoms with E-state index in [0.717, 1.165) is 4.57 Å². The Morgan fingerprint density at radius 2 is 2.24 bits per heavy atom. The van der Waals surface area contributed by atoms with Crippen LogP contribution in [-0.4, -0.2) is 14.5 Å². The number of halogens is 3. The Labute approximate surface area is 123 Å². The van der Waals surface area contributed by atoms with Crippen molar-refractivity contribution < 1.29 is 13.2 Å². The maximum Gasteiger partial charge on any atom is 0.319 e. The smallest absolute Gasteiger partial charge is 0.319 e. The van der Waals surface area contributed by atoms with Crippen LogP contribution in [0.5, 0.6) is 0 Å². The second-order valence-electron chi connectivity index (χ2n) is 4.47. The molecule has 0 saturated carbocycles. The van der Waals surface area contributed by atoms with Crippen molar-refractivity contribution in [2.45, 2.75) is 20.0 Å². The SMILES string of the molecule is Cc1cn(C(F)F)c2c(NCc3ccco3)nc(Cl)nc12. The van der Waals surface area contributed by atoms with E-state index >= 15 is 0 Å². The van der Waals surface area contributed by atoms with Crippen LogP contribution in [0.2, 0.25) is 5.28 Å². The second-order valence-corrected chi connectivity index (χ2v) is 4.81. The zero-order valence-electron chi connectivity index (χ0n) is 11.0. The van der Waals surface area contributed by atoms with Crippen LogP contribution in [0, 0.1) is 6.92 Å². The molecule has 0 aliphatic rings. The lowest BCUT2D eigenvalue weighted by molar-refractivity contribution is 0.0751. The molecule has 0 spiro atoms. The average molecular weight is 313 g/mol. The highest BCUT2D eigenvalue weighted by atomic mass is 35.5. The number of furan rings is 1. The van der Waals surface area contributed by atoms with Crippen molar-refractivity contribution in [3.05, 3.63) is 41.2 Å². The molecule has 0 aliphatic carbocycles. The quantitative estimate of drug-likeness (QED) is 0.740. The number of fused-ring (bicyclic) bond motifs is 1. The van der Waals surface area contributed by atoms with Gasteiger partial charge in [-0.05, 0) is 36.2 Å². The minimum atomic E-state index is -2.69. The summed E-state index contributed by atoms with van der Waals surface area (Å²) in [6, 6.07) is 3.51. The third kappa shape index (κ3) is 2.56. The Kier molecular flexibility index (Phi) is 3.50. The first kappa shape index (κ1) is 13.8. The summed E-state index contributed by atoms with van der Waals surface area (Å²) in [4.78, 5) is 8.03. The van der Waals surface area contributed by atoms with Gasteiger partial charge in [0.1, 0.15) is 11.3 Å². The van der Waals surface area contributed by atoms with Crippen LogP contribution >= 0.6 is 11.6 Å². The molecule has 8 heteroatoms. The third-order valence-electron chi connectivity index (χ3n) is 3.04. The molecule has 0 aliphatic heterocycles. The van der Waals surface area contributed by atoms with Gasteiger partial charge in [-0.25, -0.2) is 4.98 Å². The fraction of sp³-hybridized carbons (Fsp3) is 0.231. The van der Waals surface area contributed by atoms with Gasteiger partial charge in [0.2, 0.25) is 5.28 Å². The Morgan fingerprint density at radius 1 is 1.43 bits per heavy atom. The lowest BCUT2D eigenvalue weighted by Gasteiger charge is -2.09. The Balaban J connectivity index is 2.07. The zero-order valence-corrected chi connectivity index (χ0v) is 11.7. The minimum absolute atomic E-state index is 0.000406. The number of anilines is 1. The standard InChI is InChI=1S/C13H11ClF2N4O/c1-7-6-20(13(15)16)10-9(7)18-12(14)19-11(10)17-5-8-3-2-4-21-8/h2-4,6,13H,5H2,1H3,(H,17,18,19). The highest BCUT2D eigenvalue weighted by molar-refractivity contribution is 6.28. The molecule has 0 radical (unpaired) electrons. The van der Waals surface area contributed by atoms with Crippen LogP contribution in [0.15, 0.2) is 29.0 Å². The van der Waals surface area contributed by atoms with Gasteiger partial charge in [0, 0.05) is 6.20 Å². The van der Waals surface area contributed by atoms with Crippen LogP contribution in [-0.2, 0) is 6.54 Å². The predicted molar refractivity (Wildman–Crippen MR) is 74.6 cm³/mol. The number of aromatic nitrogens is 3. The van der Waals surface area contributed by atoms with Gasteiger partial charge in [-0.3, -0.25) is 4.57 Å². The number of nitrogens with zero attached hydrogens (tertiary/aromatic N) is 3. The maximum absolute atomic E-state index is 13.1. The van der Waals surface area contributed by atoms with Gasteiger partial charge in [0.25, 0.3) is 0 Å². The summed E-state index contributed by atoms with van der Waals surface area (Å²) < 4.78 is 32.3. The highest BCUT2D eigenvalue weighted by Gasteiger charge is 2.19. The van der Waals surface area contributed by atoms with Gasteiger partial charge >= 0.3 is 6.55 Å². The molecule has 3 aromatic heterocycles. The van der Waals surface area contributed by atoms with Crippen LogP contribution < -0.4 is 5.32 Å². The summed E-state index contributed by atoms with van der Waals surface area (Å²) in [6.45, 7) is -0.681. The monoisotopic (exact) mass is 312 g/mol. The van der Waals surface area contributed by atoms with Gasteiger partial charge in [0.05, 0.1) is 18.3 Å². The van der Waals surface area contributed by atoms with Gasteiger partial charge in [0.15, 0.2) is 5.82 Å². The van der Waals surface area contributed by atoms with Crippen molar-refractivity contribution >= 4 is 28.5 Å². The number of rotatable bonds is 4. The molecule has 110 valence electrons. The molecule has 1 N–H and O–H groups in total. The van der Waals surface area contributed by atoms with E-state index in [1.165, 1.54) is 12.5 Å². The second kappa shape index (κ2) is 5.33. The molecule has 0 bridgehead atoms. The van der Waals surface area contributed by atoms with E-state index in [2.05, 4.69) is 15.3 Å². The summed E-state index contributed by atoms with van der Waals surface area (Å²) >= 11 is 5.86. The summed E-state index contributed by atoms with van der Waals surface area (Å²) in [7, 11) is 0. The minimum Gasteiger partial charge on any atom is -0.467 e. The Bertz CT molecular complexity index is 770. The number of hydrogen-bond donors (Lipinski definition) is 1. The van der Waals surface area contributed by atoms with E-state index in [-0.39, 0.29) is 16.6 Å². The maximum atomic E-state index is 13.1. The van der Waals surface area contributed by atoms with Gasteiger partial charge in [-0.15, -0.1) is 0 Å². The molecule has 0 saturated heterocycles. The van der Waals surface area contributed by atoms with Crippen LogP contribution in [0.4, 0.5) is 14.6 Å². The molecule has 3 rings (SSSR count). The molecule has 0 fully saturated rings. The molecule has 3 aromatic rings. The normalized spacial score (nSPS) is 11.5. The molecular weight excluding hydrogens is 302 g/mol. The topological polar surface area (TPSA) is 55.9 Å². The van der Waals surface area contributed by atoms with E-state index in [1.54, 1.807) is 19.1 Å². The summed E-state index contributed by atoms with van der Waals surface area (Å²) in [5.74, 6) is 0.902. The fourth-order valence-corrected chi connectivity index (χ4v) is 2.31. The first-order valence-electron chi connectivity index (χ1n) is 6.15. The molecule has 3 heterocycles. The summed E-state index contributed by atoms with van der Waals surface area (Å²) in [5, 5.41) is 2.96. The van der Waals surface area contributed by atoms with Crippen LogP contribution in [0.3, 0.4) is 0 Å². The van der Waals surface area contributed by atoms with Crippen molar-refractivity contribution in [3.8, 4) is 0 Å². The molecule has 0 amide bonds. The highest BCUT2D eigenvalue weighted by Crippen LogP contribution is 2.30. The van der Waals surface area contributed by atoms with E-state index in [1.807, 2.05) is 0 Å². The lowest BCUT2D eigenvalue weighted by Crippen LogP contribution is -2.05. The molecule has 5 nitrogen and oxygen atoms in total. The zero-order chi connectivity index (χ0) is 15.0. The molecule has 0 unspecified atom stereocenters. The van der Waals surface area contributed by atoms with E-state index in [0.29, 0.717) is 23.4 Å². The number of nitrogens with one attached hydrogen (secondary N) is 1. The van der Waals surface area contributed by atoms with E-state index in [4.69, 9.17) is 16.0 Å². The molecule has 21 heavy (non-hydrogen) atoms. The average Bonchev–Trinajstić information content (AvgIpc) is 3.05. The fourth-order valence-electron chi connectivity index (χ4n) is 2.14. The van der Waals surface area contributed by atoms with E-state index in [9.17, 15) is 8.78 Å². The lowest BCUT2D eigenvalue weighted by atomic mass is 10.3. The Hall–Kier alpha value is -2.15. The molecule has 0 atom stereocenters. The van der Waals surface area contributed by atoms with Crippen molar-refractivity contribution in [2.75, 3.05) is 5.32 Å². The largest absolute Gasteiger partial charge is 0.467 e. The van der Waals surface area contributed by atoms with Gasteiger partial charge < -0.3 is 9.73 Å². The predicted octanol–water partition coefficient (Wildman–Crippen LogP) is 3.99. The molecule has 0 aromatic carbocycles. The van der Waals surface area contributed by atoms with E-state index < -0.39 is 6.55 Å². The third-order valence-corrected chi connectivity index (χ3v) is 3.21. The first-order chi connectivity index (χ1) is 10.1. The Morgan fingerprint density at radius 3 is 2.90 bits per heavy atom. The number of hydrogen-bond acceptors (Lipinski definition) is 4. The van der Waals surface area contributed by atoms with Gasteiger partial charge in [-0.2, -0.15) is 13.8 Å². The summed E-state index contributed by atoms with van der Waals surface area (Å²) in [6.07, 6.45) is 2.87. The first-order valence-corrected chi connectivity index (χ1v) is 6.53. The molecular formula is C13H11ClF2N4O. The van der Waals surface area contributed by atoms with Gasteiger partial charge in [-0.1, -0.05) is 0 Å². The number of alkyl halides is 2. The van der Waals surface area contributed by atoms with Crippen molar-refractivity contribution in [3.63, 3.8) is 0 Å². The van der Waals surface area contributed by atoms with Crippen LogP contribution in [0.25, 0.3) is 11.0 Å². The number of aryl methyl sites for hydroxylation is 1. The van der Waals surface area contributed by atoms with Crippen molar-refractivity contribution in [2.24, 2.45) is 0 Å². The van der Waals surface area contributed by atoms with Crippen molar-refractivity contribution in [1.82, 2.24) is 14.5 Å².